The number of alkyl halides is 1. The lowest BCUT2D eigenvalue weighted by atomic mass is 9.87. The monoisotopic (exact) mass is 380 g/mol. The number of nitrogens with two attached hydrogens (primary N) is 1. The molecule has 0 saturated carbocycles. The number of allylic oxidation sites excluding steroid dienone is 2. The summed E-state index contributed by atoms with van der Waals surface area (Å²) >= 11 is 6.32. The maximum Gasteiger partial charge on any atom is 0.248 e. The Labute approximate surface area is 155 Å². The van der Waals surface area contributed by atoms with Crippen LogP contribution in [0.4, 0.5) is 4.39 Å². The van der Waals surface area contributed by atoms with Crippen LogP contribution in [-0.4, -0.2) is 52.7 Å². The topological polar surface area (TPSA) is 94.7 Å². The number of nitrogens with one attached hydrogen (secondary N) is 1. The molecule has 1 aromatic rings. The van der Waals surface area contributed by atoms with Crippen molar-refractivity contribution < 1.29 is 14.3 Å². The number of rotatable bonds is 3. The van der Waals surface area contributed by atoms with Gasteiger partial charge in [0.25, 0.3) is 0 Å². The zero-order valence-electron chi connectivity index (χ0n) is 14.7. The van der Waals surface area contributed by atoms with Crippen LogP contribution in [0.25, 0.3) is 11.4 Å². The molecule has 1 aromatic heterocycles. The molecule has 2 atom stereocenters. The highest BCUT2D eigenvalue weighted by atomic mass is 35.5. The first-order valence-corrected chi connectivity index (χ1v) is 8.88. The van der Waals surface area contributed by atoms with Crippen molar-refractivity contribution in [1.29, 1.82) is 0 Å². The molecular weight excluding hydrogens is 359 g/mol. The van der Waals surface area contributed by atoms with Crippen molar-refractivity contribution in [2.45, 2.75) is 25.3 Å². The molecule has 0 aromatic carbocycles. The molecule has 6 nitrogen and oxygen atoms in total. The lowest BCUT2D eigenvalue weighted by Crippen LogP contribution is -2.43. The van der Waals surface area contributed by atoms with Gasteiger partial charge in [0.05, 0.1) is 10.7 Å². The number of H-pyrrole nitrogens is 1. The standard InChI is InChI=1S/C18H22ClFN4O2/c1-9-14(11(21)3-5-22-2)15-10-7-24(13(26)8-25)6-4-12(10)23-18(15)17(20)16(9)19/h3,5,9,16,23,25H,4,6-8,21H2,1-2H3. The average molecular weight is 381 g/mol. The number of aromatic nitrogens is 1. The smallest absolute Gasteiger partial charge is 0.248 e. The van der Waals surface area contributed by atoms with Crippen LogP contribution in [0.5, 0.6) is 0 Å². The molecule has 0 fully saturated rings. The van der Waals surface area contributed by atoms with Crippen LogP contribution >= 0.6 is 11.6 Å². The van der Waals surface area contributed by atoms with E-state index in [2.05, 4.69) is 9.98 Å². The minimum Gasteiger partial charge on any atom is -0.398 e. The molecule has 0 spiro atoms. The molecule has 3 rings (SSSR count). The number of aromatic amines is 1. The molecule has 2 heterocycles. The lowest BCUT2D eigenvalue weighted by molar-refractivity contribution is -0.135. The van der Waals surface area contributed by atoms with Gasteiger partial charge >= 0.3 is 0 Å². The summed E-state index contributed by atoms with van der Waals surface area (Å²) in [4.78, 5) is 20.5. The molecule has 2 aliphatic rings. The van der Waals surface area contributed by atoms with Gasteiger partial charge < -0.3 is 20.7 Å². The number of hydrogen-bond acceptors (Lipinski definition) is 4. The Kier molecular flexibility index (Phi) is 5.20. The highest BCUT2D eigenvalue weighted by molar-refractivity contribution is 6.25. The summed E-state index contributed by atoms with van der Waals surface area (Å²) in [7, 11) is 1.64. The van der Waals surface area contributed by atoms with E-state index in [9.17, 15) is 9.18 Å². The summed E-state index contributed by atoms with van der Waals surface area (Å²) in [6.45, 7) is 2.05. The molecule has 140 valence electrons. The van der Waals surface area contributed by atoms with Crippen molar-refractivity contribution in [3.8, 4) is 0 Å². The number of fused-ring (bicyclic) bond motifs is 3. The molecule has 4 N–H and O–H groups in total. The van der Waals surface area contributed by atoms with Crippen LogP contribution in [-0.2, 0) is 17.8 Å². The third kappa shape index (κ3) is 2.95. The van der Waals surface area contributed by atoms with Gasteiger partial charge in [0.2, 0.25) is 5.91 Å². The van der Waals surface area contributed by atoms with E-state index in [1.807, 2.05) is 6.92 Å². The molecular formula is C18H22ClFN4O2. The predicted octanol–water partition coefficient (Wildman–Crippen LogP) is -0.0796. The van der Waals surface area contributed by atoms with E-state index in [1.165, 1.54) is 0 Å². The van der Waals surface area contributed by atoms with E-state index < -0.39 is 17.8 Å². The Bertz CT molecular complexity index is 918. The fourth-order valence-corrected chi connectivity index (χ4v) is 3.90. The third-order valence-electron chi connectivity index (χ3n) is 5.02. The van der Waals surface area contributed by atoms with Crippen molar-refractivity contribution in [2.75, 3.05) is 20.2 Å². The number of aliphatic hydroxyl groups is 1. The number of carbonyl (C=O) groups excluding carboxylic acids is 1. The zero-order chi connectivity index (χ0) is 19.0. The van der Waals surface area contributed by atoms with Crippen molar-refractivity contribution >= 4 is 35.1 Å². The summed E-state index contributed by atoms with van der Waals surface area (Å²) in [6, 6.07) is 0. The molecule has 26 heavy (non-hydrogen) atoms. The number of hydrogen-bond donors (Lipinski definition) is 3. The summed E-state index contributed by atoms with van der Waals surface area (Å²) in [5, 5.41) is 9.35. The molecule has 8 heteroatoms. The minimum atomic E-state index is -0.821. The van der Waals surface area contributed by atoms with Crippen LogP contribution in [0.2, 0.25) is 0 Å². The fourth-order valence-electron chi connectivity index (χ4n) is 3.67. The second-order valence-corrected chi connectivity index (χ2v) is 7.01. The Morgan fingerprint density at radius 3 is 2.96 bits per heavy atom. The maximum absolute atomic E-state index is 14.9. The number of aliphatic imine (C=N–C) groups is 1. The molecule has 1 aliphatic carbocycles. The van der Waals surface area contributed by atoms with Gasteiger partial charge in [0, 0.05) is 60.9 Å². The Morgan fingerprint density at radius 2 is 2.31 bits per heavy atom. The van der Waals surface area contributed by atoms with Crippen molar-refractivity contribution in [3.63, 3.8) is 0 Å². The largest absolute Gasteiger partial charge is 0.398 e. The first-order chi connectivity index (χ1) is 12.4. The molecule has 0 radical (unpaired) electrons. The minimum absolute atomic E-state index is 0.298. The number of aliphatic hydroxyl groups excluding tert-OH is 1. The summed E-state index contributed by atoms with van der Waals surface area (Å²) < 4.78 is 14.9. The van der Waals surface area contributed by atoms with Crippen molar-refractivity contribution in [3.05, 3.63) is 33.6 Å². The van der Waals surface area contributed by atoms with Crippen LogP contribution < -0.4 is 16.3 Å². The van der Waals surface area contributed by atoms with Gasteiger partial charge in [-0.25, -0.2) is 4.39 Å². The lowest BCUT2D eigenvalue weighted by Gasteiger charge is -2.28. The Balaban J connectivity index is 2.30. The average Bonchev–Trinajstić information content (AvgIpc) is 3.02. The van der Waals surface area contributed by atoms with Gasteiger partial charge in [0.1, 0.15) is 12.4 Å². The molecule has 0 saturated heterocycles. The fraction of sp³-hybridized carbons (Fsp3) is 0.444. The van der Waals surface area contributed by atoms with E-state index in [4.69, 9.17) is 22.4 Å². The van der Waals surface area contributed by atoms with Gasteiger partial charge in [-0.15, -0.1) is 11.6 Å². The normalized spacial score (nSPS) is 23.4. The molecule has 1 aliphatic heterocycles. The van der Waals surface area contributed by atoms with Crippen LogP contribution in [0.15, 0.2) is 16.8 Å². The van der Waals surface area contributed by atoms with E-state index in [0.29, 0.717) is 35.8 Å². The predicted molar refractivity (Wildman–Crippen MR) is 99.7 cm³/mol. The number of nitrogens with zero attached hydrogens (tertiary/aromatic N) is 2. The summed E-state index contributed by atoms with van der Waals surface area (Å²) in [5.74, 6) is -1.10. The van der Waals surface area contributed by atoms with E-state index >= 15 is 0 Å². The van der Waals surface area contributed by atoms with E-state index in [0.717, 1.165) is 16.8 Å². The zero-order valence-corrected chi connectivity index (χ0v) is 15.5. The maximum atomic E-state index is 14.9. The van der Waals surface area contributed by atoms with Gasteiger partial charge in [-0.1, -0.05) is 6.92 Å². The van der Waals surface area contributed by atoms with Gasteiger partial charge in [-0.05, 0) is 11.6 Å². The van der Waals surface area contributed by atoms with Gasteiger partial charge in [0.15, 0.2) is 0 Å². The summed E-state index contributed by atoms with van der Waals surface area (Å²) in [6.07, 6.45) is 3.80. The van der Waals surface area contributed by atoms with Crippen LogP contribution in [0, 0.1) is 5.92 Å². The van der Waals surface area contributed by atoms with Crippen LogP contribution in [0.1, 0.15) is 18.2 Å². The second-order valence-electron chi connectivity index (χ2n) is 6.54. The first kappa shape index (κ1) is 18.7. The molecule has 0 bridgehead atoms. The van der Waals surface area contributed by atoms with Crippen molar-refractivity contribution in [2.24, 2.45) is 16.6 Å². The second kappa shape index (κ2) is 7.25. The van der Waals surface area contributed by atoms with Gasteiger partial charge in [-0.3, -0.25) is 9.79 Å². The SMILES string of the molecule is CN=CC=C(N)C1=c2c3c([nH]c2=C(F)C(Cl)C1C)CCN(C(=O)CO)C3. The third-order valence-corrected chi connectivity index (χ3v) is 5.59. The van der Waals surface area contributed by atoms with E-state index in [-0.39, 0.29) is 11.8 Å². The highest BCUT2D eigenvalue weighted by Gasteiger charge is 2.33. The Morgan fingerprint density at radius 1 is 1.58 bits per heavy atom. The molecule has 2 unspecified atom stereocenters. The van der Waals surface area contributed by atoms with Gasteiger partial charge in [-0.2, -0.15) is 0 Å². The first-order valence-electron chi connectivity index (χ1n) is 8.45. The van der Waals surface area contributed by atoms with E-state index in [1.54, 1.807) is 24.2 Å². The summed E-state index contributed by atoms with van der Waals surface area (Å²) in [5.41, 5.74) is 9.19. The molecule has 1 amide bonds. The van der Waals surface area contributed by atoms with Crippen LogP contribution in [0.3, 0.4) is 0 Å². The quantitative estimate of drug-likeness (QED) is 0.505. The van der Waals surface area contributed by atoms with Crippen molar-refractivity contribution in [1.82, 2.24) is 9.88 Å². The number of amides is 1. The number of carbonyl (C=O) groups is 1. The highest BCUT2D eigenvalue weighted by Crippen LogP contribution is 2.32. The Hall–Kier alpha value is -2.12. The number of halogens is 2.